The molecule has 0 aliphatic carbocycles. The van der Waals surface area contributed by atoms with Crippen LogP contribution in [0.15, 0.2) is 84.8 Å². The SMILES string of the molecule is CC(C)(C)N1CCC(N2C=C([C@@H](Nc3cc(Cl)c4ncc(C#N)c(NC(=O)c5ccccc5)c4c3)c3ccc(F)cc3)NN2)CC1. The van der Waals surface area contributed by atoms with E-state index in [1.54, 1.807) is 42.5 Å². The van der Waals surface area contributed by atoms with Gasteiger partial charge < -0.3 is 16.1 Å². The Balaban J connectivity index is 1.33. The van der Waals surface area contributed by atoms with Gasteiger partial charge in [-0.1, -0.05) is 41.9 Å². The second-order valence-electron chi connectivity index (χ2n) is 12.6. The van der Waals surface area contributed by atoms with Crippen LogP contribution >= 0.6 is 11.6 Å². The number of likely N-dealkylation sites (tertiary alicyclic amines) is 1. The maximum Gasteiger partial charge on any atom is 0.255 e. The van der Waals surface area contributed by atoms with Crippen molar-refractivity contribution >= 4 is 39.8 Å². The summed E-state index contributed by atoms with van der Waals surface area (Å²) in [5, 5.41) is 19.3. The normalized spacial score (nSPS) is 16.4. The lowest BCUT2D eigenvalue weighted by Gasteiger charge is -2.42. The maximum absolute atomic E-state index is 14.0. The van der Waals surface area contributed by atoms with Gasteiger partial charge in [-0.05, 0) is 75.6 Å². The van der Waals surface area contributed by atoms with Crippen LogP contribution in [-0.2, 0) is 0 Å². The summed E-state index contributed by atoms with van der Waals surface area (Å²) in [7, 11) is 0. The molecule has 46 heavy (non-hydrogen) atoms. The minimum Gasteiger partial charge on any atom is -0.373 e. The second kappa shape index (κ2) is 13.0. The molecule has 1 aromatic heterocycles. The zero-order valence-corrected chi connectivity index (χ0v) is 26.7. The van der Waals surface area contributed by atoms with Crippen molar-refractivity contribution in [1.82, 2.24) is 25.9 Å². The molecule has 4 aromatic rings. The number of benzene rings is 3. The molecule has 2 aliphatic heterocycles. The van der Waals surface area contributed by atoms with E-state index in [0.717, 1.165) is 37.2 Å². The topological polar surface area (TPSA) is 108 Å². The number of nitrogens with zero attached hydrogens (tertiary/aromatic N) is 4. The third-order valence-electron chi connectivity index (χ3n) is 8.56. The lowest BCUT2D eigenvalue weighted by atomic mass is 9.98. The van der Waals surface area contributed by atoms with E-state index in [0.29, 0.717) is 38.9 Å². The maximum atomic E-state index is 14.0. The molecule has 4 N–H and O–H groups in total. The summed E-state index contributed by atoms with van der Waals surface area (Å²) in [6.07, 6.45) is 5.48. The van der Waals surface area contributed by atoms with Crippen LogP contribution in [0, 0.1) is 17.1 Å². The summed E-state index contributed by atoms with van der Waals surface area (Å²) in [6.45, 7) is 8.75. The minimum absolute atomic E-state index is 0.134. The molecular formula is C35H36ClFN8O. The zero-order valence-electron chi connectivity index (χ0n) is 25.9. The van der Waals surface area contributed by atoms with Crippen LogP contribution in [0.3, 0.4) is 0 Å². The molecular weight excluding hydrogens is 603 g/mol. The number of carbonyl (C=O) groups is 1. The molecule has 236 valence electrons. The largest absolute Gasteiger partial charge is 0.373 e. The van der Waals surface area contributed by atoms with Crippen molar-refractivity contribution in [3.63, 3.8) is 0 Å². The molecule has 0 bridgehead atoms. The fourth-order valence-electron chi connectivity index (χ4n) is 6.00. The van der Waals surface area contributed by atoms with Crippen molar-refractivity contribution in [2.75, 3.05) is 23.7 Å². The predicted octanol–water partition coefficient (Wildman–Crippen LogP) is 6.73. The van der Waals surface area contributed by atoms with Crippen molar-refractivity contribution in [2.24, 2.45) is 0 Å². The number of pyridine rings is 1. The van der Waals surface area contributed by atoms with Crippen molar-refractivity contribution in [1.29, 1.82) is 5.26 Å². The third kappa shape index (κ3) is 6.63. The van der Waals surface area contributed by atoms with Gasteiger partial charge in [0, 0.05) is 53.7 Å². The molecule has 1 atom stereocenters. The van der Waals surface area contributed by atoms with E-state index in [1.807, 2.05) is 12.1 Å². The van der Waals surface area contributed by atoms with E-state index >= 15 is 0 Å². The summed E-state index contributed by atoms with van der Waals surface area (Å²) in [4.78, 5) is 20.1. The number of anilines is 2. The fraction of sp³-hybridized carbons (Fsp3) is 0.286. The number of fused-ring (bicyclic) bond motifs is 1. The number of nitriles is 1. The highest BCUT2D eigenvalue weighted by molar-refractivity contribution is 6.36. The van der Waals surface area contributed by atoms with E-state index in [-0.39, 0.29) is 22.8 Å². The van der Waals surface area contributed by atoms with Gasteiger partial charge in [0.05, 0.1) is 33.5 Å². The van der Waals surface area contributed by atoms with E-state index in [1.165, 1.54) is 18.3 Å². The lowest BCUT2D eigenvalue weighted by molar-refractivity contribution is 0.0570. The summed E-state index contributed by atoms with van der Waals surface area (Å²) >= 11 is 6.76. The Morgan fingerprint density at radius 2 is 1.83 bits per heavy atom. The van der Waals surface area contributed by atoms with Gasteiger partial charge in [-0.15, -0.1) is 5.53 Å². The molecule has 3 heterocycles. The Morgan fingerprint density at radius 3 is 2.50 bits per heavy atom. The number of halogens is 2. The number of hydrazine groups is 2. The molecule has 6 rings (SSSR count). The standard InChI is InChI=1S/C35H36ClFN8O/c1-35(2,3)44-15-13-27(14-16-44)45-21-30(42-43-45)32(22-9-11-25(37)12-10-22)40-26-17-28-31(41-34(46)23-7-5-4-6-8-23)24(19-38)20-39-33(28)29(36)18-26/h4-12,17-18,20-21,27,32,40,42-43H,13-16H2,1-3H3,(H,39,41,46)/t32-/m0/s1. The van der Waals surface area contributed by atoms with Gasteiger partial charge >= 0.3 is 0 Å². The van der Waals surface area contributed by atoms with Crippen LogP contribution < -0.4 is 21.6 Å². The number of aromatic nitrogens is 1. The van der Waals surface area contributed by atoms with Gasteiger partial charge in [0.25, 0.3) is 5.91 Å². The van der Waals surface area contributed by atoms with Gasteiger partial charge in [-0.3, -0.25) is 19.7 Å². The first-order chi connectivity index (χ1) is 22.1. The average molecular weight is 639 g/mol. The Kier molecular flexibility index (Phi) is 8.82. The molecule has 1 amide bonds. The van der Waals surface area contributed by atoms with Gasteiger partial charge in [0.2, 0.25) is 0 Å². The second-order valence-corrected chi connectivity index (χ2v) is 13.0. The fourth-order valence-corrected chi connectivity index (χ4v) is 6.27. The predicted molar refractivity (Wildman–Crippen MR) is 179 cm³/mol. The number of rotatable bonds is 7. The molecule has 3 aromatic carbocycles. The van der Waals surface area contributed by atoms with Gasteiger partial charge in [0.1, 0.15) is 11.9 Å². The van der Waals surface area contributed by atoms with Crippen LogP contribution in [0.5, 0.6) is 0 Å². The number of hydrogen-bond acceptors (Lipinski definition) is 8. The van der Waals surface area contributed by atoms with Crippen LogP contribution in [0.25, 0.3) is 10.9 Å². The highest BCUT2D eigenvalue weighted by Gasteiger charge is 2.32. The monoisotopic (exact) mass is 638 g/mol. The Labute approximate surface area is 273 Å². The van der Waals surface area contributed by atoms with Crippen LogP contribution in [0.1, 0.15) is 61.1 Å². The first-order valence-electron chi connectivity index (χ1n) is 15.3. The smallest absolute Gasteiger partial charge is 0.255 e. The van der Waals surface area contributed by atoms with Gasteiger partial charge in [0.15, 0.2) is 0 Å². The highest BCUT2D eigenvalue weighted by Crippen LogP contribution is 2.36. The summed E-state index contributed by atoms with van der Waals surface area (Å²) in [5.74, 6) is -0.688. The number of amides is 1. The van der Waals surface area contributed by atoms with Crippen molar-refractivity contribution in [3.05, 3.63) is 112 Å². The molecule has 2 aliphatic rings. The molecule has 0 radical (unpaired) electrons. The van der Waals surface area contributed by atoms with Crippen LogP contribution in [-0.4, -0.2) is 45.5 Å². The quantitative estimate of drug-likeness (QED) is 0.176. The molecule has 1 fully saturated rings. The molecule has 0 spiro atoms. The summed E-state index contributed by atoms with van der Waals surface area (Å²) < 4.78 is 14.0. The first kappa shape index (κ1) is 31.3. The van der Waals surface area contributed by atoms with Gasteiger partial charge in [-0.2, -0.15) is 5.26 Å². The van der Waals surface area contributed by atoms with Gasteiger partial charge in [-0.25, -0.2) is 4.39 Å². The Hall–Kier alpha value is -4.69. The lowest BCUT2D eigenvalue weighted by Crippen LogP contribution is -2.52. The third-order valence-corrected chi connectivity index (χ3v) is 8.85. The number of nitrogens with one attached hydrogen (secondary N) is 4. The number of carbonyl (C=O) groups excluding carboxylic acids is 1. The summed E-state index contributed by atoms with van der Waals surface area (Å²) in [6, 6.07) is 20.7. The van der Waals surface area contributed by atoms with Crippen LogP contribution in [0.4, 0.5) is 15.8 Å². The Bertz CT molecular complexity index is 1810. The van der Waals surface area contributed by atoms with Crippen molar-refractivity contribution in [3.8, 4) is 6.07 Å². The zero-order chi connectivity index (χ0) is 32.4. The summed E-state index contributed by atoms with van der Waals surface area (Å²) in [5.41, 5.74) is 10.5. The van der Waals surface area contributed by atoms with Crippen molar-refractivity contribution in [2.45, 2.75) is 51.2 Å². The molecule has 1 saturated heterocycles. The average Bonchev–Trinajstić information content (AvgIpc) is 3.55. The molecule has 11 heteroatoms. The molecule has 0 unspecified atom stereocenters. The van der Waals surface area contributed by atoms with Crippen molar-refractivity contribution < 1.29 is 9.18 Å². The van der Waals surface area contributed by atoms with E-state index < -0.39 is 6.04 Å². The highest BCUT2D eigenvalue weighted by atomic mass is 35.5. The van der Waals surface area contributed by atoms with E-state index in [9.17, 15) is 14.4 Å². The molecule has 0 saturated carbocycles. The number of hydrogen-bond donors (Lipinski definition) is 4. The minimum atomic E-state index is -0.421. The van der Waals surface area contributed by atoms with E-state index in [2.05, 4.69) is 69.5 Å². The Morgan fingerprint density at radius 1 is 1.11 bits per heavy atom. The first-order valence-corrected chi connectivity index (χ1v) is 15.7. The number of piperidine rings is 1. The van der Waals surface area contributed by atoms with Crippen LogP contribution in [0.2, 0.25) is 5.02 Å². The molecule has 9 nitrogen and oxygen atoms in total. The van der Waals surface area contributed by atoms with E-state index in [4.69, 9.17) is 11.6 Å².